The lowest BCUT2D eigenvalue weighted by molar-refractivity contribution is 0.225. The van der Waals surface area contributed by atoms with Crippen LogP contribution in [0.5, 0.6) is 0 Å². The molecule has 0 aromatic carbocycles. The predicted molar refractivity (Wildman–Crippen MR) is 89.2 cm³/mol. The van der Waals surface area contributed by atoms with E-state index in [2.05, 4.69) is 33.8 Å². The Balaban J connectivity index is 1.67. The molecule has 2 aliphatic rings. The summed E-state index contributed by atoms with van der Waals surface area (Å²) < 4.78 is 0. The van der Waals surface area contributed by atoms with E-state index in [0.717, 1.165) is 49.3 Å². The van der Waals surface area contributed by atoms with Gasteiger partial charge in [-0.15, -0.1) is 5.10 Å². The number of hydrogen-bond acceptors (Lipinski definition) is 5. The standard InChI is InChI=1S/C17H29N5/c1-3-15-16(4-2)19-20-17(18-15)22-12-7-8-14(9-13-22)21-10-5-6-11-21/h14H,3-13H2,1-2H3. The zero-order valence-electron chi connectivity index (χ0n) is 14.1. The van der Waals surface area contributed by atoms with Gasteiger partial charge in [-0.1, -0.05) is 13.8 Å². The molecular formula is C17H29N5. The number of aryl methyl sites for hydroxylation is 2. The maximum absolute atomic E-state index is 4.79. The maximum atomic E-state index is 4.79. The molecule has 0 saturated carbocycles. The molecule has 3 heterocycles. The van der Waals surface area contributed by atoms with Gasteiger partial charge in [0, 0.05) is 19.1 Å². The van der Waals surface area contributed by atoms with E-state index in [-0.39, 0.29) is 0 Å². The van der Waals surface area contributed by atoms with Gasteiger partial charge in [0.15, 0.2) is 0 Å². The van der Waals surface area contributed by atoms with E-state index in [1.807, 2.05) is 0 Å². The Morgan fingerprint density at radius 1 is 0.864 bits per heavy atom. The molecule has 5 heteroatoms. The second kappa shape index (κ2) is 7.36. The number of anilines is 1. The predicted octanol–water partition coefficient (Wildman–Crippen LogP) is 2.45. The van der Waals surface area contributed by atoms with Crippen LogP contribution in [0.3, 0.4) is 0 Å². The van der Waals surface area contributed by atoms with Gasteiger partial charge in [-0.3, -0.25) is 0 Å². The minimum Gasteiger partial charge on any atom is -0.339 e. The Labute approximate surface area is 134 Å². The number of nitrogens with zero attached hydrogens (tertiary/aromatic N) is 5. The summed E-state index contributed by atoms with van der Waals surface area (Å²) in [6, 6.07) is 0.765. The van der Waals surface area contributed by atoms with Gasteiger partial charge < -0.3 is 9.80 Å². The van der Waals surface area contributed by atoms with Crippen molar-refractivity contribution in [2.45, 2.75) is 64.8 Å². The average Bonchev–Trinajstić information content (AvgIpc) is 2.99. The number of rotatable bonds is 4. The van der Waals surface area contributed by atoms with Crippen LogP contribution in [0.25, 0.3) is 0 Å². The minimum absolute atomic E-state index is 0.765. The lowest BCUT2D eigenvalue weighted by atomic mass is 10.1. The summed E-state index contributed by atoms with van der Waals surface area (Å²) in [5.41, 5.74) is 2.17. The first-order valence-corrected chi connectivity index (χ1v) is 9.03. The van der Waals surface area contributed by atoms with Crippen molar-refractivity contribution in [2.24, 2.45) is 0 Å². The van der Waals surface area contributed by atoms with E-state index in [9.17, 15) is 0 Å². The highest BCUT2D eigenvalue weighted by Crippen LogP contribution is 2.23. The third-order valence-electron chi connectivity index (χ3n) is 5.14. The lowest BCUT2D eigenvalue weighted by Crippen LogP contribution is -2.34. The van der Waals surface area contributed by atoms with E-state index >= 15 is 0 Å². The minimum atomic E-state index is 0.765. The molecule has 3 rings (SSSR count). The average molecular weight is 303 g/mol. The topological polar surface area (TPSA) is 45.2 Å². The maximum Gasteiger partial charge on any atom is 0.245 e. The van der Waals surface area contributed by atoms with Gasteiger partial charge in [-0.05, 0) is 58.0 Å². The lowest BCUT2D eigenvalue weighted by Gasteiger charge is -2.26. The quantitative estimate of drug-likeness (QED) is 0.855. The molecule has 1 aromatic rings. The van der Waals surface area contributed by atoms with E-state index in [1.54, 1.807) is 0 Å². The molecule has 0 N–H and O–H groups in total. The summed E-state index contributed by atoms with van der Waals surface area (Å²) in [5, 5.41) is 8.80. The molecule has 1 unspecified atom stereocenters. The van der Waals surface area contributed by atoms with Crippen molar-refractivity contribution in [3.8, 4) is 0 Å². The van der Waals surface area contributed by atoms with Crippen LogP contribution in [0.1, 0.15) is 57.3 Å². The smallest absolute Gasteiger partial charge is 0.245 e. The van der Waals surface area contributed by atoms with E-state index < -0.39 is 0 Å². The van der Waals surface area contributed by atoms with Crippen LogP contribution in [-0.4, -0.2) is 52.3 Å². The summed E-state index contributed by atoms with van der Waals surface area (Å²) in [7, 11) is 0. The molecule has 2 aliphatic heterocycles. The highest BCUT2D eigenvalue weighted by Gasteiger charge is 2.25. The second-order valence-corrected chi connectivity index (χ2v) is 6.53. The first-order chi connectivity index (χ1) is 10.8. The third-order valence-corrected chi connectivity index (χ3v) is 5.14. The fourth-order valence-electron chi connectivity index (χ4n) is 3.81. The normalized spacial score (nSPS) is 23.7. The van der Waals surface area contributed by atoms with Crippen LogP contribution >= 0.6 is 0 Å². The van der Waals surface area contributed by atoms with Gasteiger partial charge >= 0.3 is 0 Å². The van der Waals surface area contributed by atoms with E-state index in [0.29, 0.717) is 0 Å². The monoisotopic (exact) mass is 303 g/mol. The largest absolute Gasteiger partial charge is 0.339 e. The fourth-order valence-corrected chi connectivity index (χ4v) is 3.81. The van der Waals surface area contributed by atoms with Crippen molar-refractivity contribution in [2.75, 3.05) is 31.1 Å². The van der Waals surface area contributed by atoms with Crippen molar-refractivity contribution in [3.63, 3.8) is 0 Å². The molecule has 122 valence electrons. The second-order valence-electron chi connectivity index (χ2n) is 6.53. The van der Waals surface area contributed by atoms with E-state index in [1.165, 1.54) is 45.2 Å². The summed E-state index contributed by atoms with van der Waals surface area (Å²) in [4.78, 5) is 9.83. The molecule has 5 nitrogen and oxygen atoms in total. The molecule has 1 aromatic heterocycles. The molecule has 0 aliphatic carbocycles. The zero-order valence-corrected chi connectivity index (χ0v) is 14.1. The van der Waals surface area contributed by atoms with Crippen LogP contribution in [0, 0.1) is 0 Å². The Bertz CT molecular complexity index is 484. The van der Waals surface area contributed by atoms with Crippen molar-refractivity contribution in [3.05, 3.63) is 11.4 Å². The third kappa shape index (κ3) is 3.40. The first kappa shape index (κ1) is 15.7. The van der Waals surface area contributed by atoms with Crippen LogP contribution < -0.4 is 4.90 Å². The van der Waals surface area contributed by atoms with Crippen LogP contribution in [0.4, 0.5) is 5.95 Å². The molecule has 0 radical (unpaired) electrons. The molecular weight excluding hydrogens is 274 g/mol. The number of likely N-dealkylation sites (tertiary alicyclic amines) is 1. The molecule has 22 heavy (non-hydrogen) atoms. The summed E-state index contributed by atoms with van der Waals surface area (Å²) in [6.45, 7) is 9.01. The molecule has 0 bridgehead atoms. The Morgan fingerprint density at radius 3 is 2.36 bits per heavy atom. The fraction of sp³-hybridized carbons (Fsp3) is 0.824. The first-order valence-electron chi connectivity index (χ1n) is 9.03. The summed E-state index contributed by atoms with van der Waals surface area (Å²) >= 11 is 0. The van der Waals surface area contributed by atoms with Gasteiger partial charge in [-0.2, -0.15) is 5.10 Å². The highest BCUT2D eigenvalue weighted by atomic mass is 15.3. The van der Waals surface area contributed by atoms with Gasteiger partial charge in [-0.25, -0.2) is 4.98 Å². The molecule has 2 fully saturated rings. The molecule has 1 atom stereocenters. The molecule has 0 amide bonds. The van der Waals surface area contributed by atoms with Crippen LogP contribution in [0.15, 0.2) is 0 Å². The van der Waals surface area contributed by atoms with Crippen molar-refractivity contribution in [1.82, 2.24) is 20.1 Å². The Morgan fingerprint density at radius 2 is 1.64 bits per heavy atom. The molecule has 0 spiro atoms. The highest BCUT2D eigenvalue weighted by molar-refractivity contribution is 5.30. The Kier molecular flexibility index (Phi) is 5.24. The van der Waals surface area contributed by atoms with Crippen molar-refractivity contribution in [1.29, 1.82) is 0 Å². The van der Waals surface area contributed by atoms with Gasteiger partial charge in [0.25, 0.3) is 0 Å². The summed E-state index contributed by atoms with van der Waals surface area (Å²) in [5.74, 6) is 0.844. The summed E-state index contributed by atoms with van der Waals surface area (Å²) in [6.07, 6.45) is 8.41. The van der Waals surface area contributed by atoms with Crippen LogP contribution in [-0.2, 0) is 12.8 Å². The van der Waals surface area contributed by atoms with Gasteiger partial charge in [0.1, 0.15) is 0 Å². The van der Waals surface area contributed by atoms with Gasteiger partial charge in [0.05, 0.1) is 11.4 Å². The van der Waals surface area contributed by atoms with Crippen LogP contribution in [0.2, 0.25) is 0 Å². The van der Waals surface area contributed by atoms with Gasteiger partial charge in [0.2, 0.25) is 5.95 Å². The Hall–Kier alpha value is -1.23. The SMILES string of the molecule is CCc1nnc(N2CCCC(N3CCCC3)CC2)nc1CC. The number of hydrogen-bond donors (Lipinski definition) is 0. The number of aromatic nitrogens is 3. The zero-order chi connectivity index (χ0) is 15.4. The molecule has 2 saturated heterocycles. The van der Waals surface area contributed by atoms with E-state index in [4.69, 9.17) is 4.98 Å². The van der Waals surface area contributed by atoms with Crippen molar-refractivity contribution < 1.29 is 0 Å². The van der Waals surface area contributed by atoms with Crippen molar-refractivity contribution >= 4 is 5.95 Å².